The van der Waals surface area contributed by atoms with Gasteiger partial charge in [-0.25, -0.2) is 0 Å². The van der Waals surface area contributed by atoms with Gasteiger partial charge in [-0.15, -0.1) is 0 Å². The minimum atomic E-state index is -0.385. The first-order valence-corrected chi connectivity index (χ1v) is 7.52. The normalized spacial score (nSPS) is 19.1. The number of carbonyl (C=O) groups excluding carboxylic acids is 2. The van der Waals surface area contributed by atoms with Crippen LogP contribution in [0, 0.1) is 5.41 Å². The Bertz CT molecular complexity index is 353. The van der Waals surface area contributed by atoms with Gasteiger partial charge in [0.2, 0.25) is 11.8 Å². The molecule has 1 fully saturated rings. The number of nitrogens with one attached hydrogen (secondary N) is 1. The quantitative estimate of drug-likeness (QED) is 0.740. The Labute approximate surface area is 121 Å². The first-order chi connectivity index (χ1) is 9.26. The molecule has 1 aliphatic rings. The number of aliphatic hydroxyl groups excluding tert-OH is 1. The monoisotopic (exact) mass is 284 g/mol. The van der Waals surface area contributed by atoms with Crippen molar-refractivity contribution in [2.24, 2.45) is 5.41 Å². The maximum Gasteiger partial charge on any atom is 0.242 e. The number of hydrogen-bond donors (Lipinski definition) is 2. The molecule has 0 saturated carbocycles. The van der Waals surface area contributed by atoms with Crippen molar-refractivity contribution < 1.29 is 14.7 Å². The fraction of sp³-hybridized carbons (Fsp3) is 0.867. The van der Waals surface area contributed by atoms with Gasteiger partial charge in [0, 0.05) is 19.5 Å². The van der Waals surface area contributed by atoms with E-state index in [0.29, 0.717) is 32.4 Å². The highest BCUT2D eigenvalue weighted by Crippen LogP contribution is 2.22. The summed E-state index contributed by atoms with van der Waals surface area (Å²) < 4.78 is 0. The van der Waals surface area contributed by atoms with Gasteiger partial charge in [-0.05, 0) is 31.6 Å². The molecule has 2 unspecified atom stereocenters. The third-order valence-corrected chi connectivity index (χ3v) is 3.76. The van der Waals surface area contributed by atoms with Crippen LogP contribution in [-0.2, 0) is 9.59 Å². The molecule has 1 aliphatic heterocycles. The van der Waals surface area contributed by atoms with Gasteiger partial charge in [-0.1, -0.05) is 20.8 Å². The summed E-state index contributed by atoms with van der Waals surface area (Å²) in [6.45, 7) is 8.90. The molecule has 116 valence electrons. The Morgan fingerprint density at radius 1 is 1.50 bits per heavy atom. The van der Waals surface area contributed by atoms with Crippen LogP contribution < -0.4 is 5.32 Å². The van der Waals surface area contributed by atoms with Crippen molar-refractivity contribution in [3.8, 4) is 0 Å². The lowest BCUT2D eigenvalue weighted by Crippen LogP contribution is -2.49. The van der Waals surface area contributed by atoms with Crippen LogP contribution in [0.1, 0.15) is 53.4 Å². The highest BCUT2D eigenvalue weighted by atomic mass is 16.3. The molecule has 2 atom stereocenters. The van der Waals surface area contributed by atoms with Crippen LogP contribution in [0.4, 0.5) is 0 Å². The van der Waals surface area contributed by atoms with Crippen LogP contribution in [0.3, 0.4) is 0 Å². The number of aliphatic hydroxyl groups is 1. The zero-order valence-electron chi connectivity index (χ0n) is 13.1. The van der Waals surface area contributed by atoms with Crippen molar-refractivity contribution in [1.82, 2.24) is 10.2 Å². The average molecular weight is 284 g/mol. The Balaban J connectivity index is 2.53. The Morgan fingerprint density at radius 2 is 2.15 bits per heavy atom. The van der Waals surface area contributed by atoms with E-state index in [1.807, 2.05) is 20.8 Å². The summed E-state index contributed by atoms with van der Waals surface area (Å²) in [4.78, 5) is 25.7. The van der Waals surface area contributed by atoms with E-state index in [1.54, 1.807) is 11.8 Å². The van der Waals surface area contributed by atoms with Crippen molar-refractivity contribution >= 4 is 11.8 Å². The minimum Gasteiger partial charge on any atom is -0.393 e. The fourth-order valence-corrected chi connectivity index (χ4v) is 2.86. The summed E-state index contributed by atoms with van der Waals surface area (Å²) >= 11 is 0. The predicted octanol–water partition coefficient (Wildman–Crippen LogP) is 1.30. The maximum absolute atomic E-state index is 12.3. The predicted molar refractivity (Wildman–Crippen MR) is 78.1 cm³/mol. The number of rotatable bonds is 7. The molecule has 1 saturated heterocycles. The topological polar surface area (TPSA) is 69.6 Å². The van der Waals surface area contributed by atoms with Crippen LogP contribution >= 0.6 is 0 Å². The molecule has 0 spiro atoms. The van der Waals surface area contributed by atoms with Gasteiger partial charge in [0.25, 0.3) is 0 Å². The van der Waals surface area contributed by atoms with E-state index in [1.165, 1.54) is 0 Å². The van der Waals surface area contributed by atoms with Gasteiger partial charge >= 0.3 is 0 Å². The molecular weight excluding hydrogens is 256 g/mol. The first kappa shape index (κ1) is 17.0. The third-order valence-electron chi connectivity index (χ3n) is 3.76. The minimum absolute atomic E-state index is 0.0789. The van der Waals surface area contributed by atoms with Crippen LogP contribution in [0.2, 0.25) is 0 Å². The molecule has 2 N–H and O–H groups in total. The fourth-order valence-electron chi connectivity index (χ4n) is 2.86. The van der Waals surface area contributed by atoms with Crippen molar-refractivity contribution in [3.05, 3.63) is 0 Å². The van der Waals surface area contributed by atoms with E-state index in [9.17, 15) is 14.7 Å². The molecule has 0 bridgehead atoms. The molecule has 0 radical (unpaired) electrons. The molecule has 0 aliphatic carbocycles. The zero-order valence-corrected chi connectivity index (χ0v) is 13.1. The van der Waals surface area contributed by atoms with E-state index >= 15 is 0 Å². The van der Waals surface area contributed by atoms with Crippen LogP contribution in [0.5, 0.6) is 0 Å². The largest absolute Gasteiger partial charge is 0.393 e. The second-order valence-electron chi connectivity index (χ2n) is 6.55. The summed E-state index contributed by atoms with van der Waals surface area (Å²) in [6, 6.07) is -0.354. The van der Waals surface area contributed by atoms with Gasteiger partial charge in [0.05, 0.1) is 6.10 Å². The lowest BCUT2D eigenvalue weighted by Gasteiger charge is -2.30. The standard InChI is InChI=1S/C15H28N2O3/c1-5-12(17-8-6-7-13(17)19)14(20)16-10-15(3,4)9-11(2)18/h11-12,18H,5-10H2,1-4H3,(H,16,20). The highest BCUT2D eigenvalue weighted by molar-refractivity contribution is 5.88. The van der Waals surface area contributed by atoms with Crippen molar-refractivity contribution in [3.63, 3.8) is 0 Å². The van der Waals surface area contributed by atoms with Gasteiger partial charge in [-0.2, -0.15) is 0 Å². The number of hydrogen-bond acceptors (Lipinski definition) is 3. The van der Waals surface area contributed by atoms with Crippen LogP contribution in [-0.4, -0.2) is 47.1 Å². The molecule has 5 nitrogen and oxygen atoms in total. The van der Waals surface area contributed by atoms with Gasteiger partial charge in [0.1, 0.15) is 6.04 Å². The first-order valence-electron chi connectivity index (χ1n) is 7.52. The molecule has 2 amide bonds. The summed E-state index contributed by atoms with van der Waals surface area (Å²) in [5, 5.41) is 12.4. The molecule has 0 aromatic carbocycles. The van der Waals surface area contributed by atoms with E-state index in [-0.39, 0.29) is 29.4 Å². The zero-order chi connectivity index (χ0) is 15.3. The second kappa shape index (κ2) is 7.07. The maximum atomic E-state index is 12.3. The van der Waals surface area contributed by atoms with Crippen molar-refractivity contribution in [1.29, 1.82) is 0 Å². The Hall–Kier alpha value is -1.10. The van der Waals surface area contributed by atoms with E-state index in [2.05, 4.69) is 5.32 Å². The summed E-state index contributed by atoms with van der Waals surface area (Å²) in [6.07, 6.45) is 2.28. The molecule has 1 rings (SSSR count). The van der Waals surface area contributed by atoms with Crippen molar-refractivity contribution in [2.75, 3.05) is 13.1 Å². The lowest BCUT2D eigenvalue weighted by molar-refractivity contribution is -0.137. The second-order valence-corrected chi connectivity index (χ2v) is 6.55. The average Bonchev–Trinajstić information content (AvgIpc) is 2.73. The highest BCUT2D eigenvalue weighted by Gasteiger charge is 2.32. The van der Waals surface area contributed by atoms with Crippen molar-refractivity contribution in [2.45, 2.75) is 65.5 Å². The number of likely N-dealkylation sites (tertiary alicyclic amines) is 1. The van der Waals surface area contributed by atoms with E-state index < -0.39 is 0 Å². The summed E-state index contributed by atoms with van der Waals surface area (Å²) in [5.74, 6) is -0.00309. The number of carbonyl (C=O) groups is 2. The smallest absolute Gasteiger partial charge is 0.242 e. The molecule has 0 aromatic heterocycles. The lowest BCUT2D eigenvalue weighted by atomic mass is 9.87. The van der Waals surface area contributed by atoms with Gasteiger partial charge in [-0.3, -0.25) is 9.59 Å². The molecule has 5 heteroatoms. The SMILES string of the molecule is CCC(C(=O)NCC(C)(C)CC(C)O)N1CCCC1=O. The molecule has 1 heterocycles. The van der Waals surface area contributed by atoms with Crippen LogP contribution in [0.15, 0.2) is 0 Å². The van der Waals surface area contributed by atoms with E-state index in [0.717, 1.165) is 6.42 Å². The Morgan fingerprint density at radius 3 is 2.60 bits per heavy atom. The van der Waals surface area contributed by atoms with Gasteiger partial charge < -0.3 is 15.3 Å². The summed E-state index contributed by atoms with van der Waals surface area (Å²) in [5.41, 5.74) is -0.156. The molecular formula is C15H28N2O3. The van der Waals surface area contributed by atoms with E-state index in [4.69, 9.17) is 0 Å². The number of amides is 2. The van der Waals surface area contributed by atoms with Crippen LogP contribution in [0.25, 0.3) is 0 Å². The third kappa shape index (κ3) is 4.78. The summed E-state index contributed by atoms with van der Waals surface area (Å²) in [7, 11) is 0. The Kier molecular flexibility index (Phi) is 5.99. The molecule has 20 heavy (non-hydrogen) atoms. The van der Waals surface area contributed by atoms with Gasteiger partial charge in [0.15, 0.2) is 0 Å². The molecule has 0 aromatic rings. The number of nitrogens with zero attached hydrogens (tertiary/aromatic N) is 1.